The largest absolute Gasteiger partial charge is 0.480 e. The van der Waals surface area contributed by atoms with Crippen LogP contribution in [-0.2, 0) is 30.3 Å². The van der Waals surface area contributed by atoms with Crippen molar-refractivity contribution in [3.8, 4) is 0 Å². The molecular formula is C27H41N3O7. The number of hydrogen-bond donors (Lipinski definition) is 3. The number of rotatable bonds is 13. The molecule has 3 N–H and O–H groups in total. The van der Waals surface area contributed by atoms with E-state index in [2.05, 4.69) is 10.6 Å². The Labute approximate surface area is 219 Å². The van der Waals surface area contributed by atoms with Gasteiger partial charge in [-0.1, -0.05) is 30.3 Å². The second-order valence-electron chi connectivity index (χ2n) is 10.3. The van der Waals surface area contributed by atoms with Crippen molar-refractivity contribution >= 4 is 23.9 Å². The predicted molar refractivity (Wildman–Crippen MR) is 138 cm³/mol. The van der Waals surface area contributed by atoms with Crippen molar-refractivity contribution in [2.45, 2.75) is 89.4 Å². The SMILES string of the molecule is COC(=O)[C@@H]1CCCN1C(=O)C(CCCCNC(=O)OC(C)(C)C)NC(CCc1ccccc1)C(=O)O. The number of carbonyl (C=O) groups excluding carboxylic acids is 3. The summed E-state index contributed by atoms with van der Waals surface area (Å²) in [6, 6.07) is 7.18. The smallest absolute Gasteiger partial charge is 0.407 e. The van der Waals surface area contributed by atoms with Gasteiger partial charge < -0.3 is 24.8 Å². The van der Waals surface area contributed by atoms with Crippen molar-refractivity contribution in [1.29, 1.82) is 0 Å². The molecule has 0 saturated carbocycles. The van der Waals surface area contributed by atoms with Crippen LogP contribution in [0, 0.1) is 0 Å². The maximum atomic E-state index is 13.5. The Kier molecular flexibility index (Phi) is 11.8. The average molecular weight is 520 g/mol. The minimum atomic E-state index is -1.04. The van der Waals surface area contributed by atoms with Crippen LogP contribution in [0.25, 0.3) is 0 Å². The standard InChI is InChI=1S/C27H41N3O7/c1-27(2,3)37-26(35)28-17-9-8-13-20(23(31)30-18-10-14-22(30)25(34)36-4)29-21(24(32)33)16-15-19-11-6-5-7-12-19/h5-7,11-12,20-22,29H,8-10,13-18H2,1-4H3,(H,28,35)(H,32,33)/t20?,21?,22-/m0/s1. The Morgan fingerprint density at radius 3 is 2.41 bits per heavy atom. The van der Waals surface area contributed by atoms with Gasteiger partial charge in [-0.25, -0.2) is 9.59 Å². The van der Waals surface area contributed by atoms with Crippen LogP contribution in [0.5, 0.6) is 0 Å². The van der Waals surface area contributed by atoms with Crippen molar-refractivity contribution < 1.29 is 33.8 Å². The first-order valence-electron chi connectivity index (χ1n) is 12.9. The lowest BCUT2D eigenvalue weighted by Gasteiger charge is -2.30. The maximum Gasteiger partial charge on any atom is 0.407 e. The third-order valence-electron chi connectivity index (χ3n) is 6.16. The topological polar surface area (TPSA) is 134 Å². The highest BCUT2D eigenvalue weighted by Gasteiger charge is 2.38. The number of esters is 1. The van der Waals surface area contributed by atoms with Crippen molar-refractivity contribution in [3.63, 3.8) is 0 Å². The van der Waals surface area contributed by atoms with Gasteiger partial charge in [0.05, 0.1) is 13.2 Å². The van der Waals surface area contributed by atoms with Gasteiger partial charge in [0, 0.05) is 13.1 Å². The van der Waals surface area contributed by atoms with Crippen molar-refractivity contribution in [2.75, 3.05) is 20.2 Å². The highest BCUT2D eigenvalue weighted by atomic mass is 16.6. The summed E-state index contributed by atoms with van der Waals surface area (Å²) < 4.78 is 10.1. The van der Waals surface area contributed by atoms with Gasteiger partial charge in [-0.3, -0.25) is 14.9 Å². The van der Waals surface area contributed by atoms with Crippen LogP contribution in [-0.4, -0.2) is 77.9 Å². The molecule has 0 radical (unpaired) electrons. The molecule has 10 nitrogen and oxygen atoms in total. The first-order valence-corrected chi connectivity index (χ1v) is 12.9. The van der Waals surface area contributed by atoms with Crippen LogP contribution in [0.1, 0.15) is 64.9 Å². The van der Waals surface area contributed by atoms with E-state index in [1.807, 2.05) is 30.3 Å². The molecule has 1 aromatic carbocycles. The Balaban J connectivity index is 2.04. The Morgan fingerprint density at radius 2 is 1.78 bits per heavy atom. The van der Waals surface area contributed by atoms with E-state index in [1.54, 1.807) is 20.8 Å². The van der Waals surface area contributed by atoms with E-state index >= 15 is 0 Å². The summed E-state index contributed by atoms with van der Waals surface area (Å²) >= 11 is 0. The van der Waals surface area contributed by atoms with Gasteiger partial charge in [-0.15, -0.1) is 0 Å². The van der Waals surface area contributed by atoms with Gasteiger partial charge in [-0.2, -0.15) is 0 Å². The van der Waals surface area contributed by atoms with Crippen molar-refractivity contribution in [3.05, 3.63) is 35.9 Å². The van der Waals surface area contributed by atoms with E-state index in [4.69, 9.17) is 9.47 Å². The Bertz CT molecular complexity index is 901. The molecule has 1 aromatic rings. The molecule has 0 aromatic heterocycles. The summed E-state index contributed by atoms with van der Waals surface area (Å²) in [4.78, 5) is 51.2. The molecule has 10 heteroatoms. The van der Waals surface area contributed by atoms with Crippen molar-refractivity contribution in [1.82, 2.24) is 15.5 Å². The van der Waals surface area contributed by atoms with Gasteiger partial charge in [0.15, 0.2) is 0 Å². The van der Waals surface area contributed by atoms with E-state index in [9.17, 15) is 24.3 Å². The van der Waals surface area contributed by atoms with Crippen LogP contribution in [0.15, 0.2) is 30.3 Å². The van der Waals surface area contributed by atoms with Crippen LogP contribution in [0.4, 0.5) is 4.79 Å². The van der Waals surface area contributed by atoms with Gasteiger partial charge in [0.25, 0.3) is 0 Å². The number of nitrogens with one attached hydrogen (secondary N) is 2. The van der Waals surface area contributed by atoms with Gasteiger partial charge >= 0.3 is 18.0 Å². The quantitative estimate of drug-likeness (QED) is 0.268. The summed E-state index contributed by atoms with van der Waals surface area (Å²) in [5, 5.41) is 15.6. The Morgan fingerprint density at radius 1 is 1.08 bits per heavy atom. The molecule has 2 rings (SSSR count). The molecule has 206 valence electrons. The summed E-state index contributed by atoms with van der Waals surface area (Å²) in [7, 11) is 1.29. The van der Waals surface area contributed by atoms with Gasteiger partial charge in [-0.05, 0) is 71.3 Å². The zero-order valence-corrected chi connectivity index (χ0v) is 22.3. The average Bonchev–Trinajstić information content (AvgIpc) is 3.33. The number of methoxy groups -OCH3 is 1. The molecule has 1 aliphatic rings. The normalized spacial score (nSPS) is 17.1. The zero-order valence-electron chi connectivity index (χ0n) is 22.3. The number of amides is 2. The number of nitrogens with zero attached hydrogens (tertiary/aromatic N) is 1. The van der Waals surface area contributed by atoms with Crippen molar-refractivity contribution in [2.24, 2.45) is 0 Å². The minimum Gasteiger partial charge on any atom is -0.480 e. The number of alkyl carbamates (subject to hydrolysis) is 1. The fraction of sp³-hybridized carbons (Fsp3) is 0.630. The van der Waals surface area contributed by atoms with Gasteiger partial charge in [0.2, 0.25) is 5.91 Å². The number of carboxylic acid groups (broad SMARTS) is 1. The fourth-order valence-electron chi connectivity index (χ4n) is 4.34. The van der Waals surface area contributed by atoms with Gasteiger partial charge in [0.1, 0.15) is 17.7 Å². The van der Waals surface area contributed by atoms with E-state index in [1.165, 1.54) is 12.0 Å². The number of ether oxygens (including phenoxy) is 2. The van der Waals surface area contributed by atoms with E-state index in [0.717, 1.165) is 5.56 Å². The molecule has 37 heavy (non-hydrogen) atoms. The number of benzene rings is 1. The molecule has 1 aliphatic heterocycles. The maximum absolute atomic E-state index is 13.5. The third kappa shape index (κ3) is 10.4. The zero-order chi connectivity index (χ0) is 27.4. The number of unbranched alkanes of at least 4 members (excludes halogenated alkanes) is 1. The molecule has 1 saturated heterocycles. The minimum absolute atomic E-state index is 0.307. The lowest BCUT2D eigenvalue weighted by molar-refractivity contribution is -0.152. The number of carboxylic acids is 1. The molecule has 1 fully saturated rings. The lowest BCUT2D eigenvalue weighted by Crippen LogP contribution is -2.54. The molecule has 0 aliphatic carbocycles. The number of carbonyl (C=O) groups is 4. The van der Waals surface area contributed by atoms with Crippen LogP contribution < -0.4 is 10.6 Å². The monoisotopic (exact) mass is 519 g/mol. The number of aryl methyl sites for hydroxylation is 1. The molecule has 2 unspecified atom stereocenters. The van der Waals surface area contributed by atoms with Crippen LogP contribution >= 0.6 is 0 Å². The second-order valence-corrected chi connectivity index (χ2v) is 10.3. The number of likely N-dealkylation sites (tertiary alicyclic amines) is 1. The molecule has 2 amide bonds. The Hall–Kier alpha value is -3.14. The predicted octanol–water partition coefficient (Wildman–Crippen LogP) is 2.89. The first kappa shape index (κ1) is 30.1. The highest BCUT2D eigenvalue weighted by molar-refractivity contribution is 5.88. The number of hydrogen-bond acceptors (Lipinski definition) is 7. The summed E-state index contributed by atoms with van der Waals surface area (Å²) in [6.45, 7) is 6.13. The highest BCUT2D eigenvalue weighted by Crippen LogP contribution is 2.21. The van der Waals surface area contributed by atoms with Crippen LogP contribution in [0.3, 0.4) is 0 Å². The lowest BCUT2D eigenvalue weighted by atomic mass is 10.0. The third-order valence-corrected chi connectivity index (χ3v) is 6.16. The second kappa shape index (κ2) is 14.6. The molecular weight excluding hydrogens is 478 g/mol. The van der Waals surface area contributed by atoms with E-state index in [0.29, 0.717) is 58.0 Å². The molecule has 1 heterocycles. The van der Waals surface area contributed by atoms with E-state index < -0.39 is 41.8 Å². The summed E-state index contributed by atoms with van der Waals surface area (Å²) in [5.41, 5.74) is 0.417. The summed E-state index contributed by atoms with van der Waals surface area (Å²) in [5.74, 6) is -1.81. The first-order chi connectivity index (χ1) is 17.5. The number of aliphatic carboxylic acids is 1. The summed E-state index contributed by atoms with van der Waals surface area (Å²) in [6.07, 6.45) is 3.02. The molecule has 3 atom stereocenters. The van der Waals surface area contributed by atoms with Crippen LogP contribution in [0.2, 0.25) is 0 Å². The molecule has 0 spiro atoms. The fourth-order valence-corrected chi connectivity index (χ4v) is 4.34. The van der Waals surface area contributed by atoms with E-state index in [-0.39, 0.29) is 5.91 Å². The molecule has 0 bridgehead atoms.